The van der Waals surface area contributed by atoms with Gasteiger partial charge in [-0.1, -0.05) is 0 Å². The van der Waals surface area contributed by atoms with Crippen molar-refractivity contribution < 1.29 is 0 Å². The van der Waals surface area contributed by atoms with Crippen molar-refractivity contribution in [2.45, 2.75) is 25.3 Å². The molecule has 0 atom stereocenters. The van der Waals surface area contributed by atoms with Crippen molar-refractivity contribution in [2.24, 2.45) is 5.73 Å². The minimum absolute atomic E-state index is 0.442. The quantitative estimate of drug-likeness (QED) is 0.926. The zero-order chi connectivity index (χ0) is 10.7. The Bertz CT molecular complexity index is 305. The molecule has 2 rings (SSSR count). The summed E-state index contributed by atoms with van der Waals surface area (Å²) < 4.78 is 1.21. The molecule has 2 N–H and O–H groups in total. The molecule has 1 aromatic rings. The number of rotatable bonds is 3. The average molecular weight is 289 g/mol. The first-order valence-corrected chi connectivity index (χ1v) is 7.12. The fraction of sp³-hybridized carbons (Fsp3) is 0.636. The van der Waals surface area contributed by atoms with Gasteiger partial charge in [-0.15, -0.1) is 11.3 Å². The SMILES string of the molecule is NC1CCN(CCc2cc(Br)cs2)CC1. The Morgan fingerprint density at radius 2 is 2.20 bits per heavy atom. The third-order valence-corrected chi connectivity index (χ3v) is 4.69. The van der Waals surface area contributed by atoms with Crippen LogP contribution in [-0.2, 0) is 6.42 Å². The molecule has 4 heteroatoms. The molecular weight excluding hydrogens is 272 g/mol. The Kier molecular flexibility index (Phi) is 4.20. The van der Waals surface area contributed by atoms with Crippen LogP contribution in [-0.4, -0.2) is 30.6 Å². The van der Waals surface area contributed by atoms with Crippen molar-refractivity contribution in [3.63, 3.8) is 0 Å². The van der Waals surface area contributed by atoms with E-state index in [1.807, 2.05) is 11.3 Å². The van der Waals surface area contributed by atoms with Crippen LogP contribution in [0, 0.1) is 0 Å². The van der Waals surface area contributed by atoms with Crippen LogP contribution in [0.1, 0.15) is 17.7 Å². The van der Waals surface area contributed by atoms with E-state index in [4.69, 9.17) is 5.73 Å². The molecule has 0 aromatic carbocycles. The second kappa shape index (κ2) is 5.43. The van der Waals surface area contributed by atoms with E-state index in [0.29, 0.717) is 6.04 Å². The normalized spacial score (nSPS) is 19.6. The van der Waals surface area contributed by atoms with Crippen molar-refractivity contribution >= 4 is 27.3 Å². The Morgan fingerprint density at radius 3 is 2.80 bits per heavy atom. The minimum atomic E-state index is 0.442. The molecule has 1 aromatic heterocycles. The summed E-state index contributed by atoms with van der Waals surface area (Å²) >= 11 is 5.33. The lowest BCUT2D eigenvalue weighted by atomic mass is 10.1. The number of nitrogens with two attached hydrogens (primary N) is 1. The molecule has 0 amide bonds. The number of piperidine rings is 1. The van der Waals surface area contributed by atoms with Crippen LogP contribution < -0.4 is 5.73 Å². The van der Waals surface area contributed by atoms with Gasteiger partial charge >= 0.3 is 0 Å². The van der Waals surface area contributed by atoms with Gasteiger partial charge in [-0.05, 0) is 54.3 Å². The summed E-state index contributed by atoms with van der Waals surface area (Å²) in [6, 6.07) is 2.66. The molecule has 84 valence electrons. The van der Waals surface area contributed by atoms with Gasteiger partial charge in [0.15, 0.2) is 0 Å². The zero-order valence-electron chi connectivity index (χ0n) is 8.79. The Balaban J connectivity index is 1.74. The second-order valence-corrected chi connectivity index (χ2v) is 6.07. The van der Waals surface area contributed by atoms with Gasteiger partial charge in [-0.25, -0.2) is 0 Å². The van der Waals surface area contributed by atoms with E-state index in [1.165, 1.54) is 35.4 Å². The third kappa shape index (κ3) is 3.55. The summed E-state index contributed by atoms with van der Waals surface area (Å²) in [6.07, 6.45) is 3.49. The van der Waals surface area contributed by atoms with E-state index in [1.54, 1.807) is 0 Å². The van der Waals surface area contributed by atoms with E-state index in [0.717, 1.165) is 12.8 Å². The van der Waals surface area contributed by atoms with Crippen molar-refractivity contribution in [1.82, 2.24) is 4.90 Å². The average Bonchev–Trinajstić information content (AvgIpc) is 2.64. The molecule has 2 heterocycles. The number of hydrogen-bond donors (Lipinski definition) is 1. The maximum atomic E-state index is 5.88. The van der Waals surface area contributed by atoms with Crippen LogP contribution in [0.5, 0.6) is 0 Å². The van der Waals surface area contributed by atoms with Crippen LogP contribution in [0.25, 0.3) is 0 Å². The van der Waals surface area contributed by atoms with Gasteiger partial charge in [-0.3, -0.25) is 0 Å². The monoisotopic (exact) mass is 288 g/mol. The van der Waals surface area contributed by atoms with Gasteiger partial charge in [-0.2, -0.15) is 0 Å². The lowest BCUT2D eigenvalue weighted by molar-refractivity contribution is 0.216. The van der Waals surface area contributed by atoms with Gasteiger partial charge in [0.1, 0.15) is 0 Å². The highest BCUT2D eigenvalue weighted by atomic mass is 79.9. The highest BCUT2D eigenvalue weighted by Crippen LogP contribution is 2.20. The van der Waals surface area contributed by atoms with Crippen LogP contribution in [0.15, 0.2) is 15.9 Å². The predicted molar refractivity (Wildman–Crippen MR) is 69.4 cm³/mol. The van der Waals surface area contributed by atoms with Gasteiger partial charge in [0, 0.05) is 27.3 Å². The maximum Gasteiger partial charge on any atom is 0.0285 e. The molecule has 1 saturated heterocycles. The van der Waals surface area contributed by atoms with Gasteiger partial charge < -0.3 is 10.6 Å². The summed E-state index contributed by atoms with van der Waals surface area (Å²) in [4.78, 5) is 3.99. The summed E-state index contributed by atoms with van der Waals surface area (Å²) in [7, 11) is 0. The minimum Gasteiger partial charge on any atom is -0.328 e. The van der Waals surface area contributed by atoms with E-state index in [9.17, 15) is 0 Å². The largest absolute Gasteiger partial charge is 0.328 e. The summed E-state index contributed by atoms with van der Waals surface area (Å²) in [5, 5.41) is 2.15. The number of nitrogens with zero attached hydrogens (tertiary/aromatic N) is 1. The Morgan fingerprint density at radius 1 is 1.47 bits per heavy atom. The van der Waals surface area contributed by atoms with Crippen molar-refractivity contribution in [2.75, 3.05) is 19.6 Å². The first-order chi connectivity index (χ1) is 7.24. The lowest BCUT2D eigenvalue weighted by Gasteiger charge is -2.29. The first-order valence-electron chi connectivity index (χ1n) is 5.45. The van der Waals surface area contributed by atoms with E-state index in [2.05, 4.69) is 32.3 Å². The number of hydrogen-bond acceptors (Lipinski definition) is 3. The van der Waals surface area contributed by atoms with Crippen molar-refractivity contribution in [1.29, 1.82) is 0 Å². The van der Waals surface area contributed by atoms with Crippen molar-refractivity contribution in [3.05, 3.63) is 20.8 Å². The molecule has 0 bridgehead atoms. The third-order valence-electron chi connectivity index (χ3n) is 2.93. The molecule has 2 nitrogen and oxygen atoms in total. The maximum absolute atomic E-state index is 5.88. The highest BCUT2D eigenvalue weighted by Gasteiger charge is 2.15. The topological polar surface area (TPSA) is 29.3 Å². The molecule has 15 heavy (non-hydrogen) atoms. The number of thiophene rings is 1. The molecule has 1 fully saturated rings. The fourth-order valence-electron chi connectivity index (χ4n) is 1.93. The van der Waals surface area contributed by atoms with E-state index >= 15 is 0 Å². The lowest BCUT2D eigenvalue weighted by Crippen LogP contribution is -2.40. The van der Waals surface area contributed by atoms with Crippen molar-refractivity contribution in [3.8, 4) is 0 Å². The van der Waals surface area contributed by atoms with Crippen LogP contribution in [0.2, 0.25) is 0 Å². The molecular formula is C11H17BrN2S. The molecule has 0 unspecified atom stereocenters. The number of likely N-dealkylation sites (tertiary alicyclic amines) is 1. The molecule has 0 spiro atoms. The molecule has 0 radical (unpaired) electrons. The van der Waals surface area contributed by atoms with E-state index in [-0.39, 0.29) is 0 Å². The Labute approximate surface area is 104 Å². The first kappa shape index (κ1) is 11.6. The van der Waals surface area contributed by atoms with Gasteiger partial charge in [0.25, 0.3) is 0 Å². The Hall–Kier alpha value is 0.1000. The predicted octanol–water partition coefficient (Wildman–Crippen LogP) is 2.48. The number of halogens is 1. The summed E-state index contributed by atoms with van der Waals surface area (Å²) in [5.74, 6) is 0. The van der Waals surface area contributed by atoms with E-state index < -0.39 is 0 Å². The highest BCUT2D eigenvalue weighted by molar-refractivity contribution is 9.10. The van der Waals surface area contributed by atoms with Crippen LogP contribution >= 0.6 is 27.3 Å². The van der Waals surface area contributed by atoms with Crippen LogP contribution in [0.4, 0.5) is 0 Å². The molecule has 0 aliphatic carbocycles. The fourth-order valence-corrected chi connectivity index (χ4v) is 3.37. The smallest absolute Gasteiger partial charge is 0.0285 e. The van der Waals surface area contributed by atoms with Gasteiger partial charge in [0.2, 0.25) is 0 Å². The molecule has 1 aliphatic heterocycles. The second-order valence-electron chi connectivity index (χ2n) is 4.16. The molecule has 1 aliphatic rings. The standard InChI is InChI=1S/C11H17BrN2S/c12-9-7-11(15-8-9)3-6-14-4-1-10(13)2-5-14/h7-8,10H,1-6,13H2. The van der Waals surface area contributed by atoms with Crippen LogP contribution in [0.3, 0.4) is 0 Å². The van der Waals surface area contributed by atoms with Gasteiger partial charge in [0.05, 0.1) is 0 Å². The summed E-state index contributed by atoms with van der Waals surface area (Å²) in [6.45, 7) is 3.53. The molecule has 0 saturated carbocycles. The zero-order valence-corrected chi connectivity index (χ0v) is 11.2. The summed E-state index contributed by atoms with van der Waals surface area (Å²) in [5.41, 5.74) is 5.88.